The quantitative estimate of drug-likeness (QED) is 0.570. The van der Waals surface area contributed by atoms with Crippen LogP contribution in [-0.4, -0.2) is 5.78 Å². The van der Waals surface area contributed by atoms with E-state index >= 15 is 0 Å². The molecule has 0 N–H and O–H groups in total. The fourth-order valence-corrected chi connectivity index (χ4v) is 1.60. The molecule has 0 atom stereocenters. The second-order valence-corrected chi connectivity index (χ2v) is 4.61. The average Bonchev–Trinajstić information content (AvgIpc) is 2.27. The summed E-state index contributed by atoms with van der Waals surface area (Å²) in [5.74, 6) is 0.521. The fraction of sp³-hybridized carbons (Fsp3) is 0.786. The summed E-state index contributed by atoms with van der Waals surface area (Å²) in [7, 11) is 0. The molecule has 0 aliphatic carbocycles. The van der Waals surface area contributed by atoms with Crippen molar-refractivity contribution in [3.63, 3.8) is 0 Å². The molecule has 0 bridgehead atoms. The molecule has 0 rings (SSSR count). The molecule has 1 nitrogen and oxygen atoms in total. The Morgan fingerprint density at radius 2 is 1.60 bits per heavy atom. The SMILES string of the molecule is CCC(CC)C(=O)C=CC(C)(CC)CC. The van der Waals surface area contributed by atoms with Gasteiger partial charge < -0.3 is 0 Å². The zero-order valence-electron chi connectivity index (χ0n) is 11.0. The smallest absolute Gasteiger partial charge is 0.158 e. The van der Waals surface area contributed by atoms with Crippen LogP contribution in [0.25, 0.3) is 0 Å². The summed E-state index contributed by atoms with van der Waals surface area (Å²) in [5.41, 5.74) is 0.196. The Morgan fingerprint density at radius 1 is 1.13 bits per heavy atom. The minimum absolute atomic E-state index is 0.196. The Kier molecular flexibility index (Phi) is 6.55. The molecule has 0 saturated carbocycles. The van der Waals surface area contributed by atoms with Crippen molar-refractivity contribution in [2.24, 2.45) is 11.3 Å². The minimum Gasteiger partial charge on any atom is -0.295 e. The maximum absolute atomic E-state index is 11.8. The van der Waals surface area contributed by atoms with Gasteiger partial charge in [-0.2, -0.15) is 0 Å². The van der Waals surface area contributed by atoms with Crippen LogP contribution in [0.5, 0.6) is 0 Å². The summed E-state index contributed by atoms with van der Waals surface area (Å²) in [5, 5.41) is 0. The van der Waals surface area contributed by atoms with Gasteiger partial charge in [0.2, 0.25) is 0 Å². The molecule has 1 heteroatoms. The first-order chi connectivity index (χ1) is 7.02. The predicted molar refractivity (Wildman–Crippen MR) is 66.9 cm³/mol. The maximum Gasteiger partial charge on any atom is 0.158 e. The lowest BCUT2D eigenvalue weighted by atomic mass is 9.83. The zero-order valence-corrected chi connectivity index (χ0v) is 11.0. The van der Waals surface area contributed by atoms with E-state index in [-0.39, 0.29) is 11.3 Å². The number of hydrogen-bond donors (Lipinski definition) is 0. The largest absolute Gasteiger partial charge is 0.295 e. The van der Waals surface area contributed by atoms with Crippen molar-refractivity contribution in [3.05, 3.63) is 12.2 Å². The summed E-state index contributed by atoms with van der Waals surface area (Å²) in [4.78, 5) is 11.8. The Morgan fingerprint density at radius 3 is 1.93 bits per heavy atom. The van der Waals surface area contributed by atoms with Gasteiger partial charge in [-0.1, -0.05) is 40.7 Å². The van der Waals surface area contributed by atoms with E-state index in [0.717, 1.165) is 25.7 Å². The number of ketones is 1. The summed E-state index contributed by atoms with van der Waals surface area (Å²) in [6.07, 6.45) is 8.01. The molecule has 0 aromatic rings. The molecule has 88 valence electrons. The average molecular weight is 210 g/mol. The van der Waals surface area contributed by atoms with Gasteiger partial charge in [0.15, 0.2) is 5.78 Å². The molecule has 0 aliphatic heterocycles. The summed E-state index contributed by atoms with van der Waals surface area (Å²) in [6.45, 7) is 10.7. The number of rotatable bonds is 7. The highest BCUT2D eigenvalue weighted by Gasteiger charge is 2.17. The molecular weight excluding hydrogens is 184 g/mol. The molecule has 0 fully saturated rings. The highest BCUT2D eigenvalue weighted by Crippen LogP contribution is 2.27. The highest BCUT2D eigenvalue weighted by atomic mass is 16.1. The maximum atomic E-state index is 11.8. The molecule has 0 aromatic heterocycles. The van der Waals surface area contributed by atoms with Crippen molar-refractivity contribution < 1.29 is 4.79 Å². The summed E-state index contributed by atoms with van der Waals surface area (Å²) < 4.78 is 0. The van der Waals surface area contributed by atoms with E-state index in [2.05, 4.69) is 40.7 Å². The first-order valence-electron chi connectivity index (χ1n) is 6.26. The zero-order chi connectivity index (χ0) is 11.9. The molecule has 15 heavy (non-hydrogen) atoms. The lowest BCUT2D eigenvalue weighted by Gasteiger charge is -2.22. The molecule has 0 aromatic carbocycles. The number of hydrogen-bond acceptors (Lipinski definition) is 1. The Hall–Kier alpha value is -0.590. The van der Waals surface area contributed by atoms with Gasteiger partial charge in [-0.15, -0.1) is 0 Å². The van der Waals surface area contributed by atoms with E-state index in [9.17, 15) is 4.79 Å². The van der Waals surface area contributed by atoms with Crippen LogP contribution in [0, 0.1) is 11.3 Å². The van der Waals surface area contributed by atoms with Crippen molar-refractivity contribution in [3.8, 4) is 0 Å². The number of carbonyl (C=O) groups is 1. The van der Waals surface area contributed by atoms with Crippen molar-refractivity contribution >= 4 is 5.78 Å². The van der Waals surface area contributed by atoms with E-state index in [0.29, 0.717) is 5.78 Å². The molecule has 0 saturated heterocycles. The van der Waals surface area contributed by atoms with E-state index in [1.54, 1.807) is 0 Å². The van der Waals surface area contributed by atoms with Gasteiger partial charge in [-0.25, -0.2) is 0 Å². The Balaban J connectivity index is 4.44. The van der Waals surface area contributed by atoms with E-state index in [4.69, 9.17) is 0 Å². The van der Waals surface area contributed by atoms with Crippen molar-refractivity contribution in [2.45, 2.75) is 60.3 Å². The van der Waals surface area contributed by atoms with Crippen LogP contribution in [0.2, 0.25) is 0 Å². The van der Waals surface area contributed by atoms with Crippen LogP contribution < -0.4 is 0 Å². The fourth-order valence-electron chi connectivity index (χ4n) is 1.60. The standard InChI is InChI=1S/C14H26O/c1-6-12(7-2)13(15)10-11-14(5,8-3)9-4/h10-12H,6-9H2,1-5H3. The van der Waals surface area contributed by atoms with Gasteiger partial charge in [0.25, 0.3) is 0 Å². The minimum atomic E-state index is 0.196. The first kappa shape index (κ1) is 14.4. The first-order valence-corrected chi connectivity index (χ1v) is 6.26. The van der Waals surface area contributed by atoms with Crippen LogP contribution in [0.3, 0.4) is 0 Å². The third-order valence-electron chi connectivity index (χ3n) is 3.65. The monoisotopic (exact) mass is 210 g/mol. The number of allylic oxidation sites excluding steroid dienone is 2. The van der Waals surface area contributed by atoms with E-state index in [1.165, 1.54) is 0 Å². The Bertz CT molecular complexity index is 207. The van der Waals surface area contributed by atoms with Crippen LogP contribution in [0.1, 0.15) is 60.3 Å². The third kappa shape index (κ3) is 4.63. The van der Waals surface area contributed by atoms with Crippen molar-refractivity contribution in [2.75, 3.05) is 0 Å². The predicted octanol–water partition coefficient (Wildman–Crippen LogP) is 4.37. The van der Waals surface area contributed by atoms with E-state index in [1.807, 2.05) is 6.08 Å². The Labute approximate surface area is 95.0 Å². The van der Waals surface area contributed by atoms with Gasteiger partial charge in [0, 0.05) is 5.92 Å². The molecule has 0 unspecified atom stereocenters. The third-order valence-corrected chi connectivity index (χ3v) is 3.65. The van der Waals surface area contributed by atoms with Gasteiger partial charge >= 0.3 is 0 Å². The lowest BCUT2D eigenvalue weighted by molar-refractivity contribution is -0.118. The lowest BCUT2D eigenvalue weighted by Crippen LogP contribution is -2.13. The van der Waals surface area contributed by atoms with Crippen molar-refractivity contribution in [1.29, 1.82) is 0 Å². The second-order valence-electron chi connectivity index (χ2n) is 4.61. The summed E-state index contributed by atoms with van der Waals surface area (Å²) >= 11 is 0. The van der Waals surface area contributed by atoms with Gasteiger partial charge in [0.1, 0.15) is 0 Å². The topological polar surface area (TPSA) is 17.1 Å². The van der Waals surface area contributed by atoms with Crippen LogP contribution in [-0.2, 0) is 4.79 Å². The summed E-state index contributed by atoms with van der Waals surface area (Å²) in [6, 6.07) is 0. The van der Waals surface area contributed by atoms with Crippen LogP contribution in [0.4, 0.5) is 0 Å². The normalized spacial score (nSPS) is 12.7. The number of carbonyl (C=O) groups excluding carboxylic acids is 1. The van der Waals surface area contributed by atoms with Gasteiger partial charge in [-0.05, 0) is 37.2 Å². The molecule has 0 radical (unpaired) electrons. The van der Waals surface area contributed by atoms with E-state index < -0.39 is 0 Å². The van der Waals surface area contributed by atoms with Crippen LogP contribution in [0.15, 0.2) is 12.2 Å². The highest BCUT2D eigenvalue weighted by molar-refractivity contribution is 5.91. The van der Waals surface area contributed by atoms with Crippen LogP contribution >= 0.6 is 0 Å². The molecule has 0 spiro atoms. The molecule has 0 aliphatic rings. The molecule has 0 amide bonds. The van der Waals surface area contributed by atoms with Gasteiger partial charge in [0.05, 0.1) is 0 Å². The molecule has 0 heterocycles. The van der Waals surface area contributed by atoms with Crippen molar-refractivity contribution in [1.82, 2.24) is 0 Å². The van der Waals surface area contributed by atoms with Gasteiger partial charge in [-0.3, -0.25) is 4.79 Å². The second kappa shape index (κ2) is 6.81. The molecular formula is C14H26O.